The lowest BCUT2D eigenvalue weighted by molar-refractivity contribution is 0.175. The van der Waals surface area contributed by atoms with Crippen molar-refractivity contribution < 1.29 is 9.18 Å². The molecule has 3 rings (SSSR count). The molecule has 1 saturated carbocycles. The smallest absolute Gasteiger partial charge is 0.315 e. The van der Waals surface area contributed by atoms with Crippen molar-refractivity contribution in [3.05, 3.63) is 71.5 Å². The molecular formula is C19H21FN2O. The fourth-order valence-corrected chi connectivity index (χ4v) is 3.06. The molecule has 0 unspecified atom stereocenters. The van der Waals surface area contributed by atoms with E-state index in [1.54, 1.807) is 12.1 Å². The zero-order chi connectivity index (χ0) is 16.3. The predicted molar refractivity (Wildman–Crippen MR) is 88.5 cm³/mol. The molecule has 0 heterocycles. The Balaban J connectivity index is 1.65. The molecule has 0 radical (unpaired) electrons. The molecule has 3 nitrogen and oxygen atoms in total. The second kappa shape index (κ2) is 6.41. The van der Waals surface area contributed by atoms with Crippen molar-refractivity contribution in [2.45, 2.75) is 37.8 Å². The molecule has 0 spiro atoms. The Labute approximate surface area is 135 Å². The fraction of sp³-hybridized carbons (Fsp3) is 0.316. The first kappa shape index (κ1) is 15.5. The van der Waals surface area contributed by atoms with Gasteiger partial charge in [0.1, 0.15) is 5.82 Å². The van der Waals surface area contributed by atoms with Crippen LogP contribution >= 0.6 is 0 Å². The normalized spacial score (nSPS) is 17.0. The van der Waals surface area contributed by atoms with Crippen molar-refractivity contribution in [3.8, 4) is 0 Å². The van der Waals surface area contributed by atoms with Crippen LogP contribution in [0.2, 0.25) is 0 Å². The van der Waals surface area contributed by atoms with E-state index in [-0.39, 0.29) is 23.4 Å². The summed E-state index contributed by atoms with van der Waals surface area (Å²) in [5.74, 6) is -0.275. The summed E-state index contributed by atoms with van der Waals surface area (Å²) in [5, 5.41) is 6.07. The van der Waals surface area contributed by atoms with Gasteiger partial charge >= 0.3 is 6.03 Å². The van der Waals surface area contributed by atoms with Crippen LogP contribution in [0.15, 0.2) is 54.6 Å². The van der Waals surface area contributed by atoms with Gasteiger partial charge in [0, 0.05) is 0 Å². The fourth-order valence-electron chi connectivity index (χ4n) is 3.06. The average Bonchev–Trinajstić information content (AvgIpc) is 2.52. The largest absolute Gasteiger partial charge is 0.332 e. The molecule has 2 amide bonds. The Morgan fingerprint density at radius 3 is 2.30 bits per heavy atom. The monoisotopic (exact) mass is 312 g/mol. The third-order valence-corrected chi connectivity index (χ3v) is 4.60. The highest BCUT2D eigenvalue weighted by molar-refractivity contribution is 5.75. The highest BCUT2D eigenvalue weighted by Crippen LogP contribution is 2.41. The first-order valence-corrected chi connectivity index (χ1v) is 7.99. The topological polar surface area (TPSA) is 41.1 Å². The van der Waals surface area contributed by atoms with Crippen LogP contribution in [0, 0.1) is 5.82 Å². The Kier molecular flexibility index (Phi) is 4.33. The van der Waals surface area contributed by atoms with Crippen LogP contribution in [-0.2, 0) is 5.54 Å². The SMILES string of the molecule is C[C@@H](NC(=O)NC1(c2ccccc2)CCC1)c1ccc(F)cc1. The number of amides is 2. The molecule has 1 fully saturated rings. The van der Waals surface area contributed by atoms with Gasteiger partial charge in [-0.2, -0.15) is 0 Å². The van der Waals surface area contributed by atoms with E-state index < -0.39 is 0 Å². The minimum Gasteiger partial charge on any atom is -0.332 e. The van der Waals surface area contributed by atoms with Gasteiger partial charge in [-0.3, -0.25) is 0 Å². The highest BCUT2D eigenvalue weighted by atomic mass is 19.1. The number of carbonyl (C=O) groups excluding carboxylic acids is 1. The van der Waals surface area contributed by atoms with Crippen LogP contribution in [-0.4, -0.2) is 6.03 Å². The van der Waals surface area contributed by atoms with Gasteiger partial charge in [0.15, 0.2) is 0 Å². The Hall–Kier alpha value is -2.36. The van der Waals surface area contributed by atoms with E-state index in [9.17, 15) is 9.18 Å². The molecule has 1 aliphatic carbocycles. The van der Waals surface area contributed by atoms with E-state index >= 15 is 0 Å². The molecule has 1 aliphatic rings. The molecule has 2 aromatic carbocycles. The van der Waals surface area contributed by atoms with Crippen molar-refractivity contribution in [1.29, 1.82) is 0 Å². The zero-order valence-corrected chi connectivity index (χ0v) is 13.2. The van der Waals surface area contributed by atoms with Crippen molar-refractivity contribution in [1.82, 2.24) is 10.6 Å². The summed E-state index contributed by atoms with van der Waals surface area (Å²) >= 11 is 0. The molecule has 2 aromatic rings. The maximum absolute atomic E-state index is 13.0. The first-order chi connectivity index (χ1) is 11.1. The second-order valence-electron chi connectivity index (χ2n) is 6.17. The van der Waals surface area contributed by atoms with Crippen LogP contribution in [0.4, 0.5) is 9.18 Å². The number of nitrogens with one attached hydrogen (secondary N) is 2. The summed E-state index contributed by atoms with van der Waals surface area (Å²) in [6.45, 7) is 1.89. The molecule has 120 valence electrons. The number of halogens is 1. The van der Waals surface area contributed by atoms with Crippen molar-refractivity contribution in [3.63, 3.8) is 0 Å². The maximum atomic E-state index is 13.0. The number of hydrogen-bond donors (Lipinski definition) is 2. The van der Waals surface area contributed by atoms with Gasteiger partial charge < -0.3 is 10.6 Å². The van der Waals surface area contributed by atoms with Gasteiger partial charge in [0.05, 0.1) is 11.6 Å². The van der Waals surface area contributed by atoms with Crippen LogP contribution in [0.5, 0.6) is 0 Å². The zero-order valence-electron chi connectivity index (χ0n) is 13.2. The minimum atomic E-state index is -0.275. The van der Waals surface area contributed by atoms with Crippen LogP contribution < -0.4 is 10.6 Å². The van der Waals surface area contributed by atoms with Gasteiger partial charge in [-0.25, -0.2) is 9.18 Å². The lowest BCUT2D eigenvalue weighted by atomic mass is 9.72. The van der Waals surface area contributed by atoms with Crippen molar-refractivity contribution in [2.24, 2.45) is 0 Å². The van der Waals surface area contributed by atoms with E-state index in [0.717, 1.165) is 30.4 Å². The van der Waals surface area contributed by atoms with Crippen LogP contribution in [0.3, 0.4) is 0 Å². The summed E-state index contributed by atoms with van der Waals surface area (Å²) in [6, 6.07) is 15.9. The molecule has 0 aliphatic heterocycles. The molecule has 23 heavy (non-hydrogen) atoms. The summed E-state index contributed by atoms with van der Waals surface area (Å²) in [7, 11) is 0. The lowest BCUT2D eigenvalue weighted by Crippen LogP contribution is -2.54. The van der Waals surface area contributed by atoms with Gasteiger partial charge in [-0.15, -0.1) is 0 Å². The summed E-state index contributed by atoms with van der Waals surface area (Å²) in [5.41, 5.74) is 1.77. The molecule has 0 aromatic heterocycles. The predicted octanol–water partition coefficient (Wildman–Crippen LogP) is 4.27. The van der Waals surface area contributed by atoms with Crippen LogP contribution in [0.1, 0.15) is 43.4 Å². The second-order valence-corrected chi connectivity index (χ2v) is 6.17. The third kappa shape index (κ3) is 3.36. The highest BCUT2D eigenvalue weighted by Gasteiger charge is 2.40. The number of benzene rings is 2. The minimum absolute atomic E-state index is 0.177. The quantitative estimate of drug-likeness (QED) is 0.870. The van der Waals surface area contributed by atoms with Gasteiger partial charge in [-0.1, -0.05) is 42.5 Å². The molecule has 4 heteroatoms. The summed E-state index contributed by atoms with van der Waals surface area (Å²) in [6.07, 6.45) is 3.02. The molecule has 0 saturated heterocycles. The van der Waals surface area contributed by atoms with E-state index in [0.29, 0.717) is 0 Å². The van der Waals surface area contributed by atoms with Gasteiger partial charge in [0.2, 0.25) is 0 Å². The molecular weight excluding hydrogens is 291 g/mol. The summed E-state index contributed by atoms with van der Waals surface area (Å²) < 4.78 is 13.0. The Bertz CT molecular complexity index is 666. The van der Waals surface area contributed by atoms with Crippen molar-refractivity contribution in [2.75, 3.05) is 0 Å². The van der Waals surface area contributed by atoms with Gasteiger partial charge in [-0.05, 0) is 49.4 Å². The van der Waals surface area contributed by atoms with E-state index in [2.05, 4.69) is 22.8 Å². The van der Waals surface area contributed by atoms with Crippen molar-refractivity contribution >= 4 is 6.03 Å². The number of rotatable bonds is 4. The van der Waals surface area contributed by atoms with Gasteiger partial charge in [0.25, 0.3) is 0 Å². The average molecular weight is 312 g/mol. The number of urea groups is 1. The molecule has 0 bridgehead atoms. The van der Waals surface area contributed by atoms with E-state index in [4.69, 9.17) is 0 Å². The van der Waals surface area contributed by atoms with Crippen LogP contribution in [0.25, 0.3) is 0 Å². The number of carbonyl (C=O) groups is 1. The third-order valence-electron chi connectivity index (χ3n) is 4.60. The molecule has 1 atom stereocenters. The Morgan fingerprint density at radius 2 is 1.74 bits per heavy atom. The Morgan fingerprint density at radius 1 is 1.09 bits per heavy atom. The number of hydrogen-bond acceptors (Lipinski definition) is 1. The first-order valence-electron chi connectivity index (χ1n) is 7.99. The molecule has 2 N–H and O–H groups in total. The summed E-state index contributed by atoms with van der Waals surface area (Å²) in [4.78, 5) is 12.4. The standard InChI is InChI=1S/C19H21FN2O/c1-14(15-8-10-17(20)11-9-15)21-18(23)22-19(12-5-13-19)16-6-3-2-4-7-16/h2-4,6-11,14H,5,12-13H2,1H3,(H2,21,22,23)/t14-/m1/s1. The van der Waals surface area contributed by atoms with E-state index in [1.807, 2.05) is 25.1 Å². The lowest BCUT2D eigenvalue weighted by Gasteiger charge is -2.43. The van der Waals surface area contributed by atoms with E-state index in [1.165, 1.54) is 12.1 Å². The maximum Gasteiger partial charge on any atom is 0.315 e.